The van der Waals surface area contributed by atoms with Gasteiger partial charge in [-0.05, 0) is 23.8 Å². The predicted octanol–water partition coefficient (Wildman–Crippen LogP) is 1.27. The number of nitrogens with one attached hydrogen (secondary N) is 1. The summed E-state index contributed by atoms with van der Waals surface area (Å²) in [5.74, 6) is -0.262. The average molecular weight is 193 g/mol. The van der Waals surface area contributed by atoms with Crippen LogP contribution in [0, 0.1) is 5.82 Å². The third-order valence-corrected chi connectivity index (χ3v) is 2.33. The lowest BCUT2D eigenvalue weighted by molar-refractivity contribution is 0.629. The fourth-order valence-electron chi connectivity index (χ4n) is 1.55. The van der Waals surface area contributed by atoms with E-state index in [0.29, 0.717) is 6.54 Å². The molecule has 0 fully saturated rings. The van der Waals surface area contributed by atoms with Gasteiger partial charge < -0.3 is 16.5 Å². The number of hydrogen-bond donors (Lipinski definition) is 3. The van der Waals surface area contributed by atoms with E-state index >= 15 is 0 Å². The third kappa shape index (κ3) is 1.38. The highest BCUT2D eigenvalue weighted by Crippen LogP contribution is 2.23. The largest absolute Gasteiger partial charge is 0.361 e. The fourth-order valence-corrected chi connectivity index (χ4v) is 1.55. The number of hydrogen-bond acceptors (Lipinski definition) is 2. The minimum absolute atomic E-state index is 0.245. The predicted molar refractivity (Wildman–Crippen MR) is 54.2 cm³/mol. The Labute approximate surface area is 80.9 Å². The number of fused-ring (bicyclic) bond motifs is 1. The molecule has 1 aromatic carbocycles. The van der Waals surface area contributed by atoms with Crippen molar-refractivity contribution in [2.75, 3.05) is 6.54 Å². The normalized spacial score (nSPS) is 13.4. The molecule has 0 bridgehead atoms. The summed E-state index contributed by atoms with van der Waals surface area (Å²) in [6.45, 7) is 0.351. The minimum atomic E-state index is -0.262. The maximum atomic E-state index is 13.0. The molecule has 0 aliphatic rings. The lowest BCUT2D eigenvalue weighted by Gasteiger charge is -2.06. The van der Waals surface area contributed by atoms with E-state index in [1.165, 1.54) is 12.1 Å². The number of aromatic amines is 1. The first-order valence-electron chi connectivity index (χ1n) is 4.44. The highest BCUT2D eigenvalue weighted by atomic mass is 19.1. The second-order valence-corrected chi connectivity index (χ2v) is 3.28. The summed E-state index contributed by atoms with van der Waals surface area (Å²) >= 11 is 0. The van der Waals surface area contributed by atoms with E-state index < -0.39 is 0 Å². The molecule has 2 aromatic rings. The number of halogens is 1. The van der Waals surface area contributed by atoms with Crippen LogP contribution in [-0.4, -0.2) is 11.5 Å². The molecule has 0 aliphatic heterocycles. The van der Waals surface area contributed by atoms with E-state index in [9.17, 15) is 4.39 Å². The average Bonchev–Trinajstić information content (AvgIpc) is 2.59. The molecule has 2 rings (SSSR count). The van der Waals surface area contributed by atoms with Gasteiger partial charge in [0.2, 0.25) is 0 Å². The van der Waals surface area contributed by atoms with Crippen LogP contribution in [0.25, 0.3) is 10.9 Å². The van der Waals surface area contributed by atoms with Crippen LogP contribution in [0.4, 0.5) is 4.39 Å². The number of nitrogens with two attached hydrogens (primary N) is 2. The first kappa shape index (κ1) is 9.18. The maximum absolute atomic E-state index is 13.0. The Bertz CT molecular complexity index is 450. The molecule has 3 nitrogen and oxygen atoms in total. The first-order chi connectivity index (χ1) is 6.72. The molecular weight excluding hydrogens is 181 g/mol. The molecule has 0 radical (unpaired) electrons. The van der Waals surface area contributed by atoms with Crippen LogP contribution in [0.2, 0.25) is 0 Å². The van der Waals surface area contributed by atoms with Crippen molar-refractivity contribution in [1.29, 1.82) is 0 Å². The molecule has 14 heavy (non-hydrogen) atoms. The van der Waals surface area contributed by atoms with Crippen molar-refractivity contribution in [2.24, 2.45) is 11.5 Å². The van der Waals surface area contributed by atoms with Crippen molar-refractivity contribution in [3.05, 3.63) is 35.8 Å². The minimum Gasteiger partial charge on any atom is -0.361 e. The quantitative estimate of drug-likeness (QED) is 0.672. The lowest BCUT2D eigenvalue weighted by Crippen LogP contribution is -2.20. The SMILES string of the molecule is NC[C@@H](N)c1c[nH]c2ccc(F)cc12. The van der Waals surface area contributed by atoms with Crippen molar-refractivity contribution >= 4 is 10.9 Å². The second kappa shape index (κ2) is 3.40. The standard InChI is InChI=1S/C10H12FN3/c11-6-1-2-10-7(3-6)8(5-14-10)9(13)4-12/h1-3,5,9,14H,4,12-13H2/t9-/m1/s1. The topological polar surface area (TPSA) is 67.8 Å². The van der Waals surface area contributed by atoms with E-state index in [1.54, 1.807) is 12.3 Å². The van der Waals surface area contributed by atoms with Gasteiger partial charge in [0.25, 0.3) is 0 Å². The molecule has 1 aromatic heterocycles. The van der Waals surface area contributed by atoms with Gasteiger partial charge in [-0.2, -0.15) is 0 Å². The van der Waals surface area contributed by atoms with E-state index in [2.05, 4.69) is 4.98 Å². The Balaban J connectivity index is 2.61. The second-order valence-electron chi connectivity index (χ2n) is 3.28. The van der Waals surface area contributed by atoms with Gasteiger partial charge in [0.1, 0.15) is 5.82 Å². The molecule has 4 heteroatoms. The number of benzene rings is 1. The van der Waals surface area contributed by atoms with Gasteiger partial charge >= 0.3 is 0 Å². The Morgan fingerprint density at radius 2 is 2.21 bits per heavy atom. The fraction of sp³-hybridized carbons (Fsp3) is 0.200. The Hall–Kier alpha value is -1.39. The highest BCUT2D eigenvalue weighted by molar-refractivity contribution is 5.83. The Kier molecular flexibility index (Phi) is 2.23. The number of rotatable bonds is 2. The van der Waals surface area contributed by atoms with E-state index in [-0.39, 0.29) is 11.9 Å². The molecule has 0 unspecified atom stereocenters. The zero-order valence-corrected chi connectivity index (χ0v) is 7.63. The molecule has 0 aliphatic carbocycles. The molecule has 1 atom stereocenters. The van der Waals surface area contributed by atoms with Crippen LogP contribution in [0.1, 0.15) is 11.6 Å². The van der Waals surface area contributed by atoms with Crippen molar-refractivity contribution in [3.8, 4) is 0 Å². The van der Waals surface area contributed by atoms with Crippen LogP contribution in [0.5, 0.6) is 0 Å². The summed E-state index contributed by atoms with van der Waals surface area (Å²) < 4.78 is 13.0. The highest BCUT2D eigenvalue weighted by Gasteiger charge is 2.10. The van der Waals surface area contributed by atoms with Crippen molar-refractivity contribution in [3.63, 3.8) is 0 Å². The van der Waals surface area contributed by atoms with Gasteiger partial charge in [-0.1, -0.05) is 0 Å². The van der Waals surface area contributed by atoms with Gasteiger partial charge in [-0.15, -0.1) is 0 Å². The van der Waals surface area contributed by atoms with Gasteiger partial charge in [0, 0.05) is 29.7 Å². The van der Waals surface area contributed by atoms with Crippen LogP contribution >= 0.6 is 0 Å². The molecule has 0 saturated carbocycles. The third-order valence-electron chi connectivity index (χ3n) is 2.33. The summed E-state index contributed by atoms with van der Waals surface area (Å²) in [5, 5.41) is 0.808. The summed E-state index contributed by atoms with van der Waals surface area (Å²) in [7, 11) is 0. The molecule has 5 N–H and O–H groups in total. The molecule has 74 valence electrons. The van der Waals surface area contributed by atoms with Crippen molar-refractivity contribution < 1.29 is 4.39 Å². The van der Waals surface area contributed by atoms with Crippen molar-refractivity contribution in [1.82, 2.24) is 4.98 Å². The van der Waals surface area contributed by atoms with E-state index in [4.69, 9.17) is 11.5 Å². The number of aromatic nitrogens is 1. The van der Waals surface area contributed by atoms with Gasteiger partial charge in [-0.25, -0.2) is 4.39 Å². The zero-order chi connectivity index (χ0) is 10.1. The maximum Gasteiger partial charge on any atom is 0.123 e. The molecule has 0 amide bonds. The lowest BCUT2D eigenvalue weighted by atomic mass is 10.1. The smallest absolute Gasteiger partial charge is 0.123 e. The summed E-state index contributed by atoms with van der Waals surface area (Å²) in [4.78, 5) is 3.03. The molecular formula is C10H12FN3. The van der Waals surface area contributed by atoms with Crippen LogP contribution < -0.4 is 11.5 Å². The van der Waals surface area contributed by atoms with Crippen LogP contribution in [0.15, 0.2) is 24.4 Å². The first-order valence-corrected chi connectivity index (χ1v) is 4.44. The van der Waals surface area contributed by atoms with Gasteiger partial charge in [0.05, 0.1) is 0 Å². The summed E-state index contributed by atoms with van der Waals surface area (Å²) in [6, 6.07) is 4.33. The van der Waals surface area contributed by atoms with Gasteiger partial charge in [-0.3, -0.25) is 0 Å². The molecule has 1 heterocycles. The Morgan fingerprint density at radius 3 is 2.93 bits per heavy atom. The molecule has 0 spiro atoms. The van der Waals surface area contributed by atoms with Crippen molar-refractivity contribution in [2.45, 2.75) is 6.04 Å². The van der Waals surface area contributed by atoms with Crippen LogP contribution in [0.3, 0.4) is 0 Å². The number of H-pyrrole nitrogens is 1. The Morgan fingerprint density at radius 1 is 1.43 bits per heavy atom. The van der Waals surface area contributed by atoms with Crippen LogP contribution in [-0.2, 0) is 0 Å². The van der Waals surface area contributed by atoms with Gasteiger partial charge in [0.15, 0.2) is 0 Å². The van der Waals surface area contributed by atoms with E-state index in [1.807, 2.05) is 0 Å². The monoisotopic (exact) mass is 193 g/mol. The summed E-state index contributed by atoms with van der Waals surface area (Å²) in [6.07, 6.45) is 1.78. The molecule has 0 saturated heterocycles. The summed E-state index contributed by atoms with van der Waals surface area (Å²) in [5.41, 5.74) is 13.0. The zero-order valence-electron chi connectivity index (χ0n) is 7.63. The van der Waals surface area contributed by atoms with E-state index in [0.717, 1.165) is 16.5 Å².